The predicted molar refractivity (Wildman–Crippen MR) is 85.9 cm³/mol. The molecule has 0 aliphatic carbocycles. The Bertz CT molecular complexity index is 476. The third kappa shape index (κ3) is 5.19. The van der Waals surface area contributed by atoms with E-state index in [0.29, 0.717) is 12.3 Å². The first-order valence-corrected chi connectivity index (χ1v) is 6.96. The van der Waals surface area contributed by atoms with Gasteiger partial charge in [0.2, 0.25) is 0 Å². The largest absolute Gasteiger partial charge is 0.399 e. The fraction of sp³-hybridized carbons (Fsp3) is 0.533. The lowest BCUT2D eigenvalue weighted by atomic mass is 10.1. The molecule has 0 spiro atoms. The van der Waals surface area contributed by atoms with Gasteiger partial charge < -0.3 is 20.5 Å². The van der Waals surface area contributed by atoms with Gasteiger partial charge >= 0.3 is 0 Å². The van der Waals surface area contributed by atoms with Gasteiger partial charge in [-0.2, -0.15) is 0 Å². The number of carbonyl (C=O) groups is 1. The SMILES string of the molecule is Cc1ccc(N)cc1NC(=O)C(C)OCC1CCCO1.Cl. The van der Waals surface area contributed by atoms with E-state index in [2.05, 4.69) is 5.32 Å². The summed E-state index contributed by atoms with van der Waals surface area (Å²) in [4.78, 5) is 12.1. The third-order valence-electron chi connectivity index (χ3n) is 3.44. The molecular formula is C15H23ClN2O3. The van der Waals surface area contributed by atoms with Gasteiger partial charge in [0.25, 0.3) is 5.91 Å². The molecule has 2 rings (SSSR count). The zero-order valence-electron chi connectivity index (χ0n) is 12.4. The minimum Gasteiger partial charge on any atom is -0.399 e. The van der Waals surface area contributed by atoms with Crippen molar-refractivity contribution in [3.05, 3.63) is 23.8 Å². The Kier molecular flexibility index (Phi) is 6.95. The van der Waals surface area contributed by atoms with E-state index in [4.69, 9.17) is 15.2 Å². The van der Waals surface area contributed by atoms with Gasteiger partial charge in [0.1, 0.15) is 6.10 Å². The average Bonchev–Trinajstić information content (AvgIpc) is 2.93. The maximum atomic E-state index is 12.1. The molecule has 118 valence electrons. The molecule has 21 heavy (non-hydrogen) atoms. The van der Waals surface area contributed by atoms with Crippen LogP contribution in [0.4, 0.5) is 11.4 Å². The summed E-state index contributed by atoms with van der Waals surface area (Å²) < 4.78 is 11.0. The number of hydrogen-bond acceptors (Lipinski definition) is 4. The van der Waals surface area contributed by atoms with Gasteiger partial charge in [-0.3, -0.25) is 4.79 Å². The van der Waals surface area contributed by atoms with Crippen LogP contribution < -0.4 is 11.1 Å². The number of ether oxygens (including phenoxy) is 2. The van der Waals surface area contributed by atoms with Crippen molar-refractivity contribution in [3.8, 4) is 0 Å². The van der Waals surface area contributed by atoms with E-state index >= 15 is 0 Å². The number of hydrogen-bond donors (Lipinski definition) is 2. The van der Waals surface area contributed by atoms with Gasteiger partial charge in [0.05, 0.1) is 12.7 Å². The van der Waals surface area contributed by atoms with Crippen molar-refractivity contribution >= 4 is 29.7 Å². The van der Waals surface area contributed by atoms with Crippen LogP contribution in [-0.2, 0) is 14.3 Å². The van der Waals surface area contributed by atoms with Gasteiger partial charge in [-0.15, -0.1) is 12.4 Å². The van der Waals surface area contributed by atoms with Crippen LogP contribution >= 0.6 is 12.4 Å². The molecule has 0 bridgehead atoms. The monoisotopic (exact) mass is 314 g/mol. The fourth-order valence-electron chi connectivity index (χ4n) is 2.11. The first-order chi connectivity index (χ1) is 9.56. The molecule has 1 amide bonds. The Balaban J connectivity index is 0.00000220. The molecule has 0 saturated carbocycles. The molecule has 5 nitrogen and oxygen atoms in total. The van der Waals surface area contributed by atoms with Crippen molar-refractivity contribution < 1.29 is 14.3 Å². The molecule has 1 aliphatic heterocycles. The van der Waals surface area contributed by atoms with E-state index in [9.17, 15) is 4.79 Å². The zero-order valence-corrected chi connectivity index (χ0v) is 13.2. The molecule has 1 fully saturated rings. The van der Waals surface area contributed by atoms with Gasteiger partial charge in [-0.05, 0) is 44.4 Å². The fourth-order valence-corrected chi connectivity index (χ4v) is 2.11. The second-order valence-electron chi connectivity index (χ2n) is 5.17. The van der Waals surface area contributed by atoms with Crippen molar-refractivity contribution in [1.29, 1.82) is 0 Å². The van der Waals surface area contributed by atoms with E-state index in [1.807, 2.05) is 19.1 Å². The highest BCUT2D eigenvalue weighted by Crippen LogP contribution is 2.19. The molecule has 3 N–H and O–H groups in total. The first kappa shape index (κ1) is 17.8. The number of aryl methyl sites for hydroxylation is 1. The molecule has 1 aliphatic rings. The van der Waals surface area contributed by atoms with Gasteiger partial charge in [0.15, 0.2) is 0 Å². The number of anilines is 2. The van der Waals surface area contributed by atoms with Crippen LogP contribution in [0.3, 0.4) is 0 Å². The highest BCUT2D eigenvalue weighted by Gasteiger charge is 2.20. The predicted octanol–water partition coefficient (Wildman–Crippen LogP) is 2.52. The molecule has 1 saturated heterocycles. The number of nitrogens with one attached hydrogen (secondary N) is 1. The van der Waals surface area contributed by atoms with Crippen molar-refractivity contribution in [2.75, 3.05) is 24.3 Å². The van der Waals surface area contributed by atoms with Crippen LogP contribution in [0.25, 0.3) is 0 Å². The molecule has 2 atom stereocenters. The topological polar surface area (TPSA) is 73.6 Å². The number of carbonyl (C=O) groups excluding carboxylic acids is 1. The molecule has 0 aromatic heterocycles. The summed E-state index contributed by atoms with van der Waals surface area (Å²) in [7, 11) is 0. The second kappa shape index (κ2) is 8.22. The number of benzene rings is 1. The van der Waals surface area contributed by atoms with E-state index < -0.39 is 6.10 Å². The quantitative estimate of drug-likeness (QED) is 0.819. The van der Waals surface area contributed by atoms with Crippen LogP contribution in [0.5, 0.6) is 0 Å². The lowest BCUT2D eigenvalue weighted by Gasteiger charge is -2.17. The van der Waals surface area contributed by atoms with Gasteiger partial charge in [0, 0.05) is 18.0 Å². The van der Waals surface area contributed by atoms with E-state index in [1.165, 1.54) is 0 Å². The highest BCUT2D eigenvalue weighted by atomic mass is 35.5. The molecule has 2 unspecified atom stereocenters. The third-order valence-corrected chi connectivity index (χ3v) is 3.44. The van der Waals surface area contributed by atoms with Crippen LogP contribution in [0.1, 0.15) is 25.3 Å². The van der Waals surface area contributed by atoms with Crippen LogP contribution in [-0.4, -0.2) is 31.3 Å². The van der Waals surface area contributed by atoms with E-state index in [1.54, 1.807) is 13.0 Å². The summed E-state index contributed by atoms with van der Waals surface area (Å²) >= 11 is 0. The summed E-state index contributed by atoms with van der Waals surface area (Å²) in [6.45, 7) is 4.92. The van der Waals surface area contributed by atoms with Gasteiger partial charge in [-0.25, -0.2) is 0 Å². The Labute approximate surface area is 131 Å². The average molecular weight is 315 g/mol. The number of rotatable bonds is 5. The molecule has 1 aromatic carbocycles. The molecule has 1 aromatic rings. The lowest BCUT2D eigenvalue weighted by molar-refractivity contribution is -0.128. The maximum absolute atomic E-state index is 12.1. The van der Waals surface area contributed by atoms with Crippen molar-refractivity contribution in [1.82, 2.24) is 0 Å². The Morgan fingerprint density at radius 2 is 2.33 bits per heavy atom. The highest BCUT2D eigenvalue weighted by molar-refractivity contribution is 5.95. The molecule has 1 heterocycles. The molecule has 0 radical (unpaired) electrons. The second-order valence-corrected chi connectivity index (χ2v) is 5.17. The Hall–Kier alpha value is -1.30. The van der Waals surface area contributed by atoms with Crippen LogP contribution in [0.2, 0.25) is 0 Å². The number of halogens is 1. The van der Waals surface area contributed by atoms with Crippen LogP contribution in [0.15, 0.2) is 18.2 Å². The normalized spacial score (nSPS) is 18.9. The lowest BCUT2D eigenvalue weighted by Crippen LogP contribution is -2.30. The van der Waals surface area contributed by atoms with E-state index in [-0.39, 0.29) is 24.4 Å². The maximum Gasteiger partial charge on any atom is 0.253 e. The van der Waals surface area contributed by atoms with Crippen molar-refractivity contribution in [2.45, 2.75) is 38.9 Å². The molecule has 6 heteroatoms. The number of nitrogens with two attached hydrogens (primary N) is 1. The minimum absolute atomic E-state index is 0. The van der Waals surface area contributed by atoms with Crippen molar-refractivity contribution in [2.24, 2.45) is 0 Å². The minimum atomic E-state index is -0.514. The van der Waals surface area contributed by atoms with Crippen LogP contribution in [0, 0.1) is 6.92 Å². The molecular weight excluding hydrogens is 292 g/mol. The number of nitrogen functional groups attached to an aromatic ring is 1. The van der Waals surface area contributed by atoms with E-state index in [0.717, 1.165) is 30.7 Å². The summed E-state index contributed by atoms with van der Waals surface area (Å²) in [5, 5.41) is 2.84. The summed E-state index contributed by atoms with van der Waals surface area (Å²) in [6.07, 6.45) is 1.68. The van der Waals surface area contributed by atoms with Crippen molar-refractivity contribution in [3.63, 3.8) is 0 Å². The number of amides is 1. The smallest absolute Gasteiger partial charge is 0.253 e. The zero-order chi connectivity index (χ0) is 14.5. The Morgan fingerprint density at radius 1 is 1.57 bits per heavy atom. The summed E-state index contributed by atoms with van der Waals surface area (Å²) in [5.74, 6) is -0.170. The summed E-state index contributed by atoms with van der Waals surface area (Å²) in [5.41, 5.74) is 8.04. The summed E-state index contributed by atoms with van der Waals surface area (Å²) in [6, 6.07) is 5.44. The van der Waals surface area contributed by atoms with Gasteiger partial charge in [-0.1, -0.05) is 6.07 Å². The Morgan fingerprint density at radius 3 is 3.00 bits per heavy atom. The first-order valence-electron chi connectivity index (χ1n) is 6.96. The standard InChI is InChI=1S/C15H22N2O3.ClH/c1-10-5-6-12(16)8-14(10)17-15(18)11(2)20-9-13-4-3-7-19-13;/h5-6,8,11,13H,3-4,7,9,16H2,1-2H3,(H,17,18);1H.